The molecule has 104 valence electrons. The van der Waals surface area contributed by atoms with Gasteiger partial charge >= 0.3 is 0 Å². The Morgan fingerprint density at radius 3 is 3.00 bits per heavy atom. The Labute approximate surface area is 114 Å². The van der Waals surface area contributed by atoms with Gasteiger partial charge in [-0.05, 0) is 30.0 Å². The van der Waals surface area contributed by atoms with Crippen molar-refractivity contribution in [1.82, 2.24) is 4.90 Å². The molecule has 0 spiro atoms. The van der Waals surface area contributed by atoms with Gasteiger partial charge < -0.3 is 15.4 Å². The molecule has 1 aliphatic rings. The van der Waals surface area contributed by atoms with Crippen molar-refractivity contribution in [2.75, 3.05) is 20.2 Å². The Morgan fingerprint density at radius 2 is 2.37 bits per heavy atom. The van der Waals surface area contributed by atoms with Gasteiger partial charge in [-0.15, -0.1) is 0 Å². The fraction of sp³-hybridized carbons (Fsp3) is 0.533. The lowest BCUT2D eigenvalue weighted by Crippen LogP contribution is -2.32. The highest BCUT2D eigenvalue weighted by Crippen LogP contribution is 2.24. The van der Waals surface area contributed by atoms with Crippen LogP contribution in [0.2, 0.25) is 0 Å². The SMILES string of the molecule is COc1cccc(C(C)CC(=O)N2CC[C@@H](N)C2)c1. The van der Waals surface area contributed by atoms with Crippen LogP contribution in [0.3, 0.4) is 0 Å². The van der Waals surface area contributed by atoms with E-state index in [1.165, 1.54) is 0 Å². The van der Waals surface area contributed by atoms with Gasteiger partial charge in [0.25, 0.3) is 0 Å². The lowest BCUT2D eigenvalue weighted by molar-refractivity contribution is -0.130. The van der Waals surface area contributed by atoms with E-state index in [1.54, 1.807) is 7.11 Å². The predicted octanol–water partition coefficient (Wildman–Crippen LogP) is 1.75. The van der Waals surface area contributed by atoms with E-state index in [9.17, 15) is 4.79 Å². The summed E-state index contributed by atoms with van der Waals surface area (Å²) in [6.45, 7) is 3.57. The molecule has 1 heterocycles. The molecule has 1 unspecified atom stereocenters. The van der Waals surface area contributed by atoms with Crippen LogP contribution >= 0.6 is 0 Å². The van der Waals surface area contributed by atoms with Gasteiger partial charge in [0.1, 0.15) is 5.75 Å². The van der Waals surface area contributed by atoms with E-state index >= 15 is 0 Å². The summed E-state index contributed by atoms with van der Waals surface area (Å²) in [5.74, 6) is 1.22. The molecule has 19 heavy (non-hydrogen) atoms. The van der Waals surface area contributed by atoms with Crippen LogP contribution in [0, 0.1) is 0 Å². The molecule has 1 amide bonds. The number of rotatable bonds is 4. The number of likely N-dealkylation sites (tertiary alicyclic amines) is 1. The van der Waals surface area contributed by atoms with E-state index < -0.39 is 0 Å². The van der Waals surface area contributed by atoms with Crippen LogP contribution in [-0.2, 0) is 4.79 Å². The summed E-state index contributed by atoms with van der Waals surface area (Å²) in [6.07, 6.45) is 1.44. The lowest BCUT2D eigenvalue weighted by Gasteiger charge is -2.19. The summed E-state index contributed by atoms with van der Waals surface area (Å²) in [4.78, 5) is 14.0. The van der Waals surface area contributed by atoms with Crippen molar-refractivity contribution in [3.63, 3.8) is 0 Å². The topological polar surface area (TPSA) is 55.6 Å². The molecule has 1 aromatic rings. The second-order valence-electron chi connectivity index (χ2n) is 5.27. The summed E-state index contributed by atoms with van der Waals surface area (Å²) in [6, 6.07) is 8.05. The molecule has 0 aliphatic carbocycles. The monoisotopic (exact) mass is 262 g/mol. The normalized spacial score (nSPS) is 20.4. The number of benzene rings is 1. The lowest BCUT2D eigenvalue weighted by atomic mass is 9.97. The maximum Gasteiger partial charge on any atom is 0.223 e. The highest BCUT2D eigenvalue weighted by molar-refractivity contribution is 5.77. The maximum absolute atomic E-state index is 12.2. The van der Waals surface area contributed by atoms with Crippen molar-refractivity contribution in [3.8, 4) is 5.75 Å². The standard InChI is InChI=1S/C15H22N2O2/c1-11(12-4-3-5-14(9-12)19-2)8-15(18)17-7-6-13(16)10-17/h3-5,9,11,13H,6-8,10,16H2,1-2H3/t11?,13-/m1/s1. The fourth-order valence-electron chi connectivity index (χ4n) is 2.47. The van der Waals surface area contributed by atoms with Crippen molar-refractivity contribution in [2.24, 2.45) is 5.73 Å². The molecular formula is C15H22N2O2. The van der Waals surface area contributed by atoms with E-state index in [0.717, 1.165) is 24.3 Å². The quantitative estimate of drug-likeness (QED) is 0.899. The first kappa shape index (κ1) is 13.9. The van der Waals surface area contributed by atoms with Crippen molar-refractivity contribution in [1.29, 1.82) is 0 Å². The van der Waals surface area contributed by atoms with Crippen LogP contribution in [0.5, 0.6) is 5.75 Å². The van der Waals surface area contributed by atoms with Gasteiger partial charge in [0.05, 0.1) is 7.11 Å². The van der Waals surface area contributed by atoms with Crippen molar-refractivity contribution in [2.45, 2.75) is 31.7 Å². The minimum Gasteiger partial charge on any atom is -0.497 e. The van der Waals surface area contributed by atoms with Gasteiger partial charge in [0.15, 0.2) is 0 Å². The fourth-order valence-corrected chi connectivity index (χ4v) is 2.47. The summed E-state index contributed by atoms with van der Waals surface area (Å²) in [7, 11) is 1.65. The van der Waals surface area contributed by atoms with Crippen LogP contribution in [0.4, 0.5) is 0 Å². The van der Waals surface area contributed by atoms with Crippen LogP contribution in [0.25, 0.3) is 0 Å². The number of nitrogens with two attached hydrogens (primary N) is 1. The molecule has 0 saturated carbocycles. The molecule has 2 N–H and O–H groups in total. The summed E-state index contributed by atoms with van der Waals surface area (Å²) in [5.41, 5.74) is 6.97. The third-order valence-corrected chi connectivity index (χ3v) is 3.72. The van der Waals surface area contributed by atoms with Crippen molar-refractivity contribution < 1.29 is 9.53 Å². The Morgan fingerprint density at radius 1 is 1.58 bits per heavy atom. The zero-order valence-corrected chi connectivity index (χ0v) is 11.6. The minimum atomic E-state index is 0.149. The van der Waals surface area contributed by atoms with E-state index in [-0.39, 0.29) is 17.9 Å². The van der Waals surface area contributed by atoms with E-state index in [0.29, 0.717) is 13.0 Å². The average molecular weight is 262 g/mol. The Balaban J connectivity index is 1.96. The average Bonchev–Trinajstić information content (AvgIpc) is 2.85. The molecule has 0 radical (unpaired) electrons. The second-order valence-corrected chi connectivity index (χ2v) is 5.27. The van der Waals surface area contributed by atoms with Gasteiger partial charge in [0, 0.05) is 25.6 Å². The number of carbonyl (C=O) groups is 1. The van der Waals surface area contributed by atoms with Gasteiger partial charge in [-0.25, -0.2) is 0 Å². The molecule has 1 aliphatic heterocycles. The smallest absolute Gasteiger partial charge is 0.223 e. The van der Waals surface area contributed by atoms with E-state index in [2.05, 4.69) is 6.92 Å². The summed E-state index contributed by atoms with van der Waals surface area (Å²) >= 11 is 0. The number of hydrogen-bond donors (Lipinski definition) is 1. The maximum atomic E-state index is 12.2. The highest BCUT2D eigenvalue weighted by atomic mass is 16.5. The zero-order valence-electron chi connectivity index (χ0n) is 11.6. The largest absolute Gasteiger partial charge is 0.497 e. The molecule has 2 rings (SSSR count). The molecule has 4 heteroatoms. The molecule has 1 aromatic carbocycles. The Bertz CT molecular complexity index is 448. The van der Waals surface area contributed by atoms with Crippen LogP contribution in [0.1, 0.15) is 31.2 Å². The van der Waals surface area contributed by atoms with Crippen LogP contribution in [0.15, 0.2) is 24.3 Å². The summed E-state index contributed by atoms with van der Waals surface area (Å²) in [5, 5.41) is 0. The number of amides is 1. The predicted molar refractivity (Wildman–Crippen MR) is 75.2 cm³/mol. The number of hydrogen-bond acceptors (Lipinski definition) is 3. The van der Waals surface area contributed by atoms with Gasteiger partial charge in [-0.1, -0.05) is 19.1 Å². The molecule has 0 bridgehead atoms. The number of ether oxygens (including phenoxy) is 1. The highest BCUT2D eigenvalue weighted by Gasteiger charge is 2.24. The Kier molecular flexibility index (Phi) is 4.43. The molecule has 0 aromatic heterocycles. The molecule has 4 nitrogen and oxygen atoms in total. The Hall–Kier alpha value is -1.55. The van der Waals surface area contributed by atoms with Gasteiger partial charge in [-0.3, -0.25) is 4.79 Å². The molecular weight excluding hydrogens is 240 g/mol. The van der Waals surface area contributed by atoms with E-state index in [1.807, 2.05) is 29.2 Å². The van der Waals surface area contributed by atoms with Crippen LogP contribution in [-0.4, -0.2) is 37.0 Å². The number of methoxy groups -OCH3 is 1. The first-order valence-electron chi connectivity index (χ1n) is 6.77. The van der Waals surface area contributed by atoms with Gasteiger partial charge in [0.2, 0.25) is 5.91 Å². The molecule has 1 saturated heterocycles. The van der Waals surface area contributed by atoms with Gasteiger partial charge in [-0.2, -0.15) is 0 Å². The first-order chi connectivity index (χ1) is 9.10. The first-order valence-corrected chi connectivity index (χ1v) is 6.77. The zero-order chi connectivity index (χ0) is 13.8. The number of nitrogens with zero attached hydrogens (tertiary/aromatic N) is 1. The minimum absolute atomic E-state index is 0.149. The third-order valence-electron chi connectivity index (χ3n) is 3.72. The third kappa shape index (κ3) is 3.47. The molecule has 1 fully saturated rings. The van der Waals surface area contributed by atoms with E-state index in [4.69, 9.17) is 10.5 Å². The van der Waals surface area contributed by atoms with Crippen molar-refractivity contribution >= 4 is 5.91 Å². The second kappa shape index (κ2) is 6.06. The van der Waals surface area contributed by atoms with Crippen LogP contribution < -0.4 is 10.5 Å². The van der Waals surface area contributed by atoms with Crippen molar-refractivity contribution in [3.05, 3.63) is 29.8 Å². The number of carbonyl (C=O) groups excluding carboxylic acids is 1. The summed E-state index contributed by atoms with van der Waals surface area (Å²) < 4.78 is 5.21. The molecule has 2 atom stereocenters.